The van der Waals surface area contributed by atoms with Crippen molar-refractivity contribution >= 4 is 16.3 Å². The first-order valence-corrected chi connectivity index (χ1v) is 15.6. The van der Waals surface area contributed by atoms with Crippen molar-refractivity contribution in [3.63, 3.8) is 0 Å². The van der Waals surface area contributed by atoms with Gasteiger partial charge in [0.15, 0.2) is 0 Å². The summed E-state index contributed by atoms with van der Waals surface area (Å²) >= 11 is 0. The van der Waals surface area contributed by atoms with Gasteiger partial charge in [-0.05, 0) is 53.4 Å². The summed E-state index contributed by atoms with van der Waals surface area (Å²) in [5, 5.41) is 17.8. The number of rotatable bonds is 21. The van der Waals surface area contributed by atoms with E-state index in [9.17, 15) is 4.57 Å². The smallest absolute Gasteiger partial charge is 0.321 e. The molecule has 0 spiro atoms. The monoisotopic (exact) mass is 557 g/mol. The standard InChI is InChI=1S/C26H45N3O6P2/c1-7-26(6,21-32-36(31-18-11-16-27)29(23(2)3)24(4)5)22-35-37(30,34-20-12-17-28)33-19-10-15-25-13-8-9-14-25/h8-9,13,23-24H,7,10-12,14-15,18-22H2,1-6H3. The van der Waals surface area contributed by atoms with E-state index >= 15 is 0 Å². The fourth-order valence-electron chi connectivity index (χ4n) is 3.47. The third-order valence-corrected chi connectivity index (χ3v) is 9.31. The normalized spacial score (nSPS) is 17.4. The first kappa shape index (κ1) is 33.9. The molecule has 1 rings (SSSR count). The minimum atomic E-state index is -3.85. The maximum atomic E-state index is 13.3. The van der Waals surface area contributed by atoms with Crippen LogP contribution in [0.5, 0.6) is 0 Å². The van der Waals surface area contributed by atoms with Gasteiger partial charge in [0.05, 0.1) is 58.0 Å². The Bertz CT molecular complexity index is 844. The molecule has 0 heterocycles. The number of nitriles is 2. The average Bonchev–Trinajstić information content (AvgIpc) is 3.37. The van der Waals surface area contributed by atoms with Gasteiger partial charge in [-0.1, -0.05) is 37.6 Å². The van der Waals surface area contributed by atoms with Crippen LogP contribution in [0.25, 0.3) is 0 Å². The highest BCUT2D eigenvalue weighted by atomic mass is 31.2. The van der Waals surface area contributed by atoms with Gasteiger partial charge in [-0.3, -0.25) is 13.6 Å². The predicted octanol–water partition coefficient (Wildman–Crippen LogP) is 7.43. The zero-order chi connectivity index (χ0) is 27.7. The number of hydrogen-bond acceptors (Lipinski definition) is 9. The van der Waals surface area contributed by atoms with Crippen LogP contribution < -0.4 is 0 Å². The molecular formula is C26H45N3O6P2. The molecule has 1 aliphatic rings. The van der Waals surface area contributed by atoms with Crippen LogP contribution in [0.1, 0.15) is 80.1 Å². The number of phosphoric acid groups is 1. The number of hydrogen-bond donors (Lipinski definition) is 0. The molecule has 37 heavy (non-hydrogen) atoms. The third kappa shape index (κ3) is 13.5. The summed E-state index contributed by atoms with van der Waals surface area (Å²) in [6, 6.07) is 4.47. The highest BCUT2D eigenvalue weighted by Gasteiger charge is 2.35. The van der Waals surface area contributed by atoms with Crippen molar-refractivity contribution in [2.24, 2.45) is 5.41 Å². The Morgan fingerprint density at radius 2 is 1.68 bits per heavy atom. The van der Waals surface area contributed by atoms with Gasteiger partial charge in [0, 0.05) is 17.5 Å². The molecule has 0 bridgehead atoms. The van der Waals surface area contributed by atoms with Gasteiger partial charge in [0.2, 0.25) is 0 Å². The third-order valence-electron chi connectivity index (χ3n) is 5.81. The predicted molar refractivity (Wildman–Crippen MR) is 146 cm³/mol. The summed E-state index contributed by atoms with van der Waals surface area (Å²) in [5.41, 5.74) is 0.822. The van der Waals surface area contributed by atoms with E-state index in [1.165, 1.54) is 5.57 Å². The van der Waals surface area contributed by atoms with E-state index in [1.807, 2.05) is 26.0 Å². The van der Waals surface area contributed by atoms with Gasteiger partial charge < -0.3 is 9.05 Å². The van der Waals surface area contributed by atoms with Crippen LogP contribution in [0.15, 0.2) is 23.8 Å². The Morgan fingerprint density at radius 1 is 1.03 bits per heavy atom. The van der Waals surface area contributed by atoms with E-state index in [0.29, 0.717) is 26.1 Å². The van der Waals surface area contributed by atoms with Gasteiger partial charge in [-0.25, -0.2) is 9.24 Å². The highest BCUT2D eigenvalue weighted by molar-refractivity contribution is 7.48. The highest BCUT2D eigenvalue weighted by Crippen LogP contribution is 2.52. The minimum Gasteiger partial charge on any atom is -0.321 e. The largest absolute Gasteiger partial charge is 0.474 e. The second-order valence-corrected chi connectivity index (χ2v) is 13.0. The molecule has 210 valence electrons. The maximum absolute atomic E-state index is 13.3. The Labute approximate surface area is 225 Å². The van der Waals surface area contributed by atoms with Gasteiger partial charge >= 0.3 is 7.82 Å². The lowest BCUT2D eigenvalue weighted by molar-refractivity contribution is 0.0423. The SMILES string of the molecule is CCC(C)(COP(OCCC#N)N(C(C)C)C(C)C)COP(=O)(OCCC#N)OCCCC1=CC=CC1. The molecule has 11 heteroatoms. The molecule has 9 nitrogen and oxygen atoms in total. The lowest BCUT2D eigenvalue weighted by atomic mass is 9.90. The fraction of sp³-hybridized carbons (Fsp3) is 0.769. The molecule has 0 radical (unpaired) electrons. The summed E-state index contributed by atoms with van der Waals surface area (Å²) in [5.74, 6) is 0. The zero-order valence-corrected chi connectivity index (χ0v) is 25.1. The van der Waals surface area contributed by atoms with Crippen LogP contribution in [0.3, 0.4) is 0 Å². The quantitative estimate of drug-likeness (QED) is 0.105. The number of allylic oxidation sites excluding steroid dienone is 4. The van der Waals surface area contributed by atoms with Crippen LogP contribution in [0, 0.1) is 28.1 Å². The van der Waals surface area contributed by atoms with Crippen molar-refractivity contribution < 1.29 is 27.2 Å². The van der Waals surface area contributed by atoms with E-state index in [-0.39, 0.29) is 44.7 Å². The fourth-order valence-corrected chi connectivity index (χ4v) is 6.60. The topological polar surface area (TPSA) is 114 Å². The lowest BCUT2D eigenvalue weighted by Crippen LogP contribution is -2.35. The van der Waals surface area contributed by atoms with E-state index in [1.54, 1.807) is 0 Å². The Hall–Kier alpha value is -1.12. The van der Waals surface area contributed by atoms with Crippen molar-refractivity contribution in [2.75, 3.05) is 33.0 Å². The summed E-state index contributed by atoms with van der Waals surface area (Å²) in [6.45, 7) is 13.2. The zero-order valence-electron chi connectivity index (χ0n) is 23.4. The second-order valence-electron chi connectivity index (χ2n) is 9.84. The molecule has 0 fully saturated rings. The molecule has 0 aliphatic heterocycles. The molecule has 0 aromatic rings. The molecule has 1 aliphatic carbocycles. The van der Waals surface area contributed by atoms with Crippen LogP contribution in [-0.4, -0.2) is 49.8 Å². The first-order valence-electron chi connectivity index (χ1n) is 13.1. The number of nitrogens with zero attached hydrogens (tertiary/aromatic N) is 3. The summed E-state index contributed by atoms with van der Waals surface area (Å²) in [6.07, 6.45) is 9.78. The lowest BCUT2D eigenvalue weighted by Gasteiger charge is -2.38. The minimum absolute atomic E-state index is 0.0298. The Kier molecular flexibility index (Phi) is 16.7. The molecule has 0 saturated carbocycles. The average molecular weight is 558 g/mol. The van der Waals surface area contributed by atoms with E-state index in [2.05, 4.69) is 50.6 Å². The molecule has 0 aromatic carbocycles. The van der Waals surface area contributed by atoms with Crippen LogP contribution in [0.4, 0.5) is 0 Å². The number of phosphoric ester groups is 1. The molecule has 0 N–H and O–H groups in total. The summed E-state index contributed by atoms with van der Waals surface area (Å²) in [4.78, 5) is 0. The van der Waals surface area contributed by atoms with E-state index in [4.69, 9.17) is 33.1 Å². The molecule has 0 saturated heterocycles. The van der Waals surface area contributed by atoms with E-state index in [0.717, 1.165) is 12.8 Å². The maximum Gasteiger partial charge on any atom is 0.474 e. The van der Waals surface area contributed by atoms with Crippen molar-refractivity contribution in [3.05, 3.63) is 23.8 Å². The molecule has 3 atom stereocenters. The van der Waals surface area contributed by atoms with Gasteiger partial charge in [-0.2, -0.15) is 10.5 Å². The molecule has 0 aromatic heterocycles. The summed E-state index contributed by atoms with van der Waals surface area (Å²) in [7, 11) is -5.26. The molecular weight excluding hydrogens is 512 g/mol. The van der Waals surface area contributed by atoms with Crippen molar-refractivity contribution in [3.8, 4) is 12.1 Å². The Morgan fingerprint density at radius 3 is 2.24 bits per heavy atom. The van der Waals surface area contributed by atoms with Crippen molar-refractivity contribution in [2.45, 2.75) is 92.2 Å². The van der Waals surface area contributed by atoms with Crippen LogP contribution >= 0.6 is 16.3 Å². The van der Waals surface area contributed by atoms with Gasteiger partial charge in [0.25, 0.3) is 8.53 Å². The molecule has 3 unspecified atom stereocenters. The van der Waals surface area contributed by atoms with Crippen molar-refractivity contribution in [1.29, 1.82) is 10.5 Å². The van der Waals surface area contributed by atoms with Gasteiger partial charge in [0.1, 0.15) is 0 Å². The molecule has 0 amide bonds. The van der Waals surface area contributed by atoms with Crippen molar-refractivity contribution in [1.82, 2.24) is 4.67 Å². The first-order chi connectivity index (χ1) is 17.6. The second kappa shape index (κ2) is 18.2. The van der Waals surface area contributed by atoms with Gasteiger partial charge in [-0.15, -0.1) is 0 Å². The Balaban J connectivity index is 2.79. The summed E-state index contributed by atoms with van der Waals surface area (Å²) < 4.78 is 44.6. The van der Waals surface area contributed by atoms with E-state index < -0.39 is 21.8 Å². The van der Waals surface area contributed by atoms with Crippen LogP contribution in [0.2, 0.25) is 0 Å². The van der Waals surface area contributed by atoms with Crippen LogP contribution in [-0.2, 0) is 27.2 Å².